The molecule has 0 aliphatic carbocycles. The lowest BCUT2D eigenvalue weighted by Crippen LogP contribution is -3.00. The molecule has 0 saturated carbocycles. The lowest BCUT2D eigenvalue weighted by atomic mass is 9.89. The molecule has 3 aromatic carbocycles. The third kappa shape index (κ3) is 5.50. The second-order valence-electron chi connectivity index (χ2n) is 9.68. The van der Waals surface area contributed by atoms with Crippen LogP contribution in [0.2, 0.25) is 0 Å². The number of hydrogen-bond donors (Lipinski definition) is 1. The molecule has 0 unspecified atom stereocenters. The van der Waals surface area contributed by atoms with Crippen LogP contribution in [-0.4, -0.2) is 30.8 Å². The van der Waals surface area contributed by atoms with Gasteiger partial charge in [-0.1, -0.05) is 54.6 Å². The summed E-state index contributed by atoms with van der Waals surface area (Å²) in [6.07, 6.45) is 1.54. The molecule has 174 valence electrons. The minimum atomic E-state index is -2.13. The fraction of sp³-hybridized carbons (Fsp3) is 0.321. The molecule has 4 rings (SSSR count). The topological polar surface area (TPSA) is 38.3 Å². The number of benzene rings is 3. The summed E-state index contributed by atoms with van der Waals surface area (Å²) in [6.45, 7) is 7.34. The molecule has 0 amide bonds. The zero-order valence-corrected chi connectivity index (χ0v) is 22.7. The maximum atomic E-state index is 13.7. The molecule has 0 spiro atoms. The van der Waals surface area contributed by atoms with Crippen LogP contribution in [0, 0.1) is 5.41 Å². The van der Waals surface area contributed by atoms with Crippen molar-refractivity contribution in [3.63, 3.8) is 0 Å². The molecule has 1 aliphatic rings. The molecule has 1 aliphatic heterocycles. The summed E-state index contributed by atoms with van der Waals surface area (Å²) < 4.78 is 6.02. The predicted molar refractivity (Wildman–Crippen MR) is 136 cm³/mol. The van der Waals surface area contributed by atoms with Gasteiger partial charge in [-0.25, -0.2) is 0 Å². The second kappa shape index (κ2) is 10.7. The van der Waals surface area contributed by atoms with Gasteiger partial charge in [-0.05, 0) is 70.1 Å². The van der Waals surface area contributed by atoms with Gasteiger partial charge in [0.1, 0.15) is 34.2 Å². The first kappa shape index (κ1) is 25.9. The maximum Gasteiger partial charge on any atom is 0.317 e. The molecule has 3 nitrogen and oxygen atoms in total. The number of halogens is 1. The zero-order chi connectivity index (χ0) is 22.7. The number of esters is 1. The van der Waals surface area contributed by atoms with Crippen LogP contribution in [-0.2, 0) is 9.53 Å². The highest BCUT2D eigenvalue weighted by Crippen LogP contribution is 2.60. The van der Waals surface area contributed by atoms with Crippen molar-refractivity contribution < 1.29 is 33.5 Å². The van der Waals surface area contributed by atoms with E-state index in [1.807, 2.05) is 20.8 Å². The van der Waals surface area contributed by atoms with E-state index in [0.717, 1.165) is 19.1 Å². The minimum Gasteiger partial charge on any atom is -1.00 e. The number of nitrogens with one attached hydrogen (secondary N) is 1. The van der Waals surface area contributed by atoms with Crippen LogP contribution in [0.15, 0.2) is 91.0 Å². The Bertz CT molecular complexity index is 933. The van der Waals surface area contributed by atoms with Crippen molar-refractivity contribution in [2.45, 2.75) is 32.8 Å². The van der Waals surface area contributed by atoms with Gasteiger partial charge in [-0.3, -0.25) is 4.79 Å². The molecule has 1 heterocycles. The SMILES string of the molecule is CC(C)(C)OC(=O)[C@]1(C[P+](c2ccccc2)(c2ccccc2)c2ccccc2)CCNC1.[I-]. The van der Waals surface area contributed by atoms with E-state index in [1.54, 1.807) is 0 Å². The van der Waals surface area contributed by atoms with E-state index in [1.165, 1.54) is 15.9 Å². The average molecular weight is 573 g/mol. The van der Waals surface area contributed by atoms with Gasteiger partial charge in [0.15, 0.2) is 0 Å². The van der Waals surface area contributed by atoms with Crippen molar-refractivity contribution in [2.24, 2.45) is 5.41 Å². The van der Waals surface area contributed by atoms with E-state index < -0.39 is 18.3 Å². The van der Waals surface area contributed by atoms with Crippen molar-refractivity contribution in [2.75, 3.05) is 19.3 Å². The fourth-order valence-electron chi connectivity index (χ4n) is 4.73. The van der Waals surface area contributed by atoms with Gasteiger partial charge in [0, 0.05) is 6.54 Å². The minimum absolute atomic E-state index is 0. The van der Waals surface area contributed by atoms with Crippen molar-refractivity contribution in [1.29, 1.82) is 0 Å². The summed E-state index contributed by atoms with van der Waals surface area (Å²) in [7, 11) is -2.13. The third-order valence-corrected chi connectivity index (χ3v) is 10.8. The summed E-state index contributed by atoms with van der Waals surface area (Å²) in [5.74, 6) is -0.0813. The predicted octanol–water partition coefficient (Wildman–Crippen LogP) is 1.31. The van der Waals surface area contributed by atoms with Gasteiger partial charge in [0.05, 0.1) is 6.16 Å². The number of ether oxygens (including phenoxy) is 1. The Balaban J connectivity index is 0.00000306. The number of hydrogen-bond acceptors (Lipinski definition) is 3. The summed E-state index contributed by atoms with van der Waals surface area (Å²) in [6, 6.07) is 32.3. The van der Waals surface area contributed by atoms with Crippen LogP contribution in [0.3, 0.4) is 0 Å². The number of rotatable bonds is 6. The van der Waals surface area contributed by atoms with Crippen LogP contribution in [0.4, 0.5) is 0 Å². The summed E-state index contributed by atoms with van der Waals surface area (Å²) in [5.41, 5.74) is -1.08. The van der Waals surface area contributed by atoms with Crippen molar-refractivity contribution >= 4 is 29.1 Å². The molecule has 0 bridgehead atoms. The highest BCUT2D eigenvalue weighted by Gasteiger charge is 2.57. The van der Waals surface area contributed by atoms with Gasteiger partial charge < -0.3 is 34.0 Å². The van der Waals surface area contributed by atoms with Gasteiger partial charge in [0.2, 0.25) is 0 Å². The lowest BCUT2D eigenvalue weighted by Gasteiger charge is -2.36. The molecule has 1 N–H and O–H groups in total. The highest BCUT2D eigenvalue weighted by molar-refractivity contribution is 7.95. The second-order valence-corrected chi connectivity index (χ2v) is 13.2. The first-order valence-electron chi connectivity index (χ1n) is 11.3. The smallest absolute Gasteiger partial charge is 0.317 e. The number of carbonyl (C=O) groups excluding carboxylic acids is 1. The first-order valence-corrected chi connectivity index (χ1v) is 13.3. The molecule has 5 heteroatoms. The molecule has 0 aromatic heterocycles. The molecular formula is C28H33INO2P. The molecular weight excluding hydrogens is 540 g/mol. The van der Waals surface area contributed by atoms with E-state index >= 15 is 0 Å². The van der Waals surface area contributed by atoms with E-state index in [0.29, 0.717) is 6.54 Å². The van der Waals surface area contributed by atoms with Crippen LogP contribution in [0.5, 0.6) is 0 Å². The van der Waals surface area contributed by atoms with Crippen LogP contribution < -0.4 is 45.2 Å². The Morgan fingerprint density at radius 1 is 0.848 bits per heavy atom. The Labute approximate surface area is 215 Å². The van der Waals surface area contributed by atoms with E-state index in [2.05, 4.69) is 96.3 Å². The van der Waals surface area contributed by atoms with E-state index in [-0.39, 0.29) is 29.9 Å². The quantitative estimate of drug-likeness (QED) is 0.275. The van der Waals surface area contributed by atoms with Gasteiger partial charge in [-0.15, -0.1) is 0 Å². The van der Waals surface area contributed by atoms with Crippen LogP contribution in [0.1, 0.15) is 27.2 Å². The molecule has 1 saturated heterocycles. The van der Waals surface area contributed by atoms with Gasteiger partial charge in [0.25, 0.3) is 0 Å². The highest BCUT2D eigenvalue weighted by atomic mass is 127. The lowest BCUT2D eigenvalue weighted by molar-refractivity contribution is -0.165. The average Bonchev–Trinajstić information content (AvgIpc) is 3.28. The van der Waals surface area contributed by atoms with Crippen molar-refractivity contribution in [3.05, 3.63) is 91.0 Å². The zero-order valence-electron chi connectivity index (χ0n) is 19.6. The normalized spacial score (nSPS) is 18.4. The molecule has 1 atom stereocenters. The van der Waals surface area contributed by atoms with E-state index in [9.17, 15) is 4.79 Å². The van der Waals surface area contributed by atoms with Crippen molar-refractivity contribution in [1.82, 2.24) is 5.32 Å². The van der Waals surface area contributed by atoms with Gasteiger partial charge >= 0.3 is 5.97 Å². The van der Waals surface area contributed by atoms with Gasteiger partial charge in [-0.2, -0.15) is 0 Å². The monoisotopic (exact) mass is 573 g/mol. The van der Waals surface area contributed by atoms with Crippen LogP contribution in [0.25, 0.3) is 0 Å². The molecule has 3 aromatic rings. The Morgan fingerprint density at radius 3 is 1.61 bits per heavy atom. The van der Waals surface area contributed by atoms with E-state index in [4.69, 9.17) is 4.74 Å². The Morgan fingerprint density at radius 2 is 1.27 bits per heavy atom. The largest absolute Gasteiger partial charge is 1.00 e. The molecule has 0 radical (unpaired) electrons. The van der Waals surface area contributed by atoms with Crippen LogP contribution >= 0.6 is 7.26 Å². The molecule has 1 fully saturated rings. The summed E-state index contributed by atoms with van der Waals surface area (Å²) >= 11 is 0. The van der Waals surface area contributed by atoms with Crippen molar-refractivity contribution in [3.8, 4) is 0 Å². The first-order chi connectivity index (χ1) is 15.4. The third-order valence-electron chi connectivity index (χ3n) is 6.21. The maximum absolute atomic E-state index is 13.7. The Kier molecular flexibility index (Phi) is 8.36. The number of carbonyl (C=O) groups is 1. The Hall–Kier alpha value is -1.75. The summed E-state index contributed by atoms with van der Waals surface area (Å²) in [4.78, 5) is 13.7. The molecule has 33 heavy (non-hydrogen) atoms. The summed E-state index contributed by atoms with van der Waals surface area (Å²) in [5, 5.41) is 7.37. The standard InChI is InChI=1S/C28H33NO2P.HI/c1-27(2,3)31-26(30)28(19-20-29-21-28)22-32(23-13-7-4-8-14-23,24-15-9-5-10-16-24)25-17-11-6-12-18-25;/h4-18,29H,19-22H2,1-3H3;1H/q+1;/p-1/t28-;/m1./s1. The fourth-order valence-corrected chi connectivity index (χ4v) is 9.52.